The third kappa shape index (κ3) is 7.45. The lowest BCUT2D eigenvalue weighted by Crippen LogP contribution is -2.08. The summed E-state index contributed by atoms with van der Waals surface area (Å²) < 4.78 is 5.55. The first-order valence-corrected chi connectivity index (χ1v) is 8.53. The van der Waals surface area contributed by atoms with Gasteiger partial charge in [0.25, 0.3) is 0 Å². The predicted molar refractivity (Wildman–Crippen MR) is 105 cm³/mol. The van der Waals surface area contributed by atoms with E-state index < -0.39 is 0 Å². The van der Waals surface area contributed by atoms with Crippen molar-refractivity contribution in [2.24, 2.45) is 0 Å². The molecule has 2 N–H and O–H groups in total. The number of ether oxygens (including phenoxy) is 1. The molecule has 2 amide bonds. The second-order valence-corrected chi connectivity index (χ2v) is 5.76. The molecule has 0 aliphatic rings. The molecule has 0 heterocycles. The van der Waals surface area contributed by atoms with E-state index in [0.29, 0.717) is 36.6 Å². The van der Waals surface area contributed by atoms with Gasteiger partial charge in [-0.25, -0.2) is 0 Å². The van der Waals surface area contributed by atoms with Crippen molar-refractivity contribution in [1.82, 2.24) is 0 Å². The van der Waals surface area contributed by atoms with Gasteiger partial charge in [-0.1, -0.05) is 18.2 Å². The van der Waals surface area contributed by atoms with Gasteiger partial charge in [-0.3, -0.25) is 9.59 Å². The number of carbonyl (C=O) groups is 2. The molecule has 2 aromatic rings. The summed E-state index contributed by atoms with van der Waals surface area (Å²) >= 11 is 0. The average molecular weight is 363 g/mol. The number of hydrogen-bond acceptors (Lipinski definition) is 4. The fraction of sp³-hybridized carbons (Fsp3) is 0.190. The van der Waals surface area contributed by atoms with Crippen LogP contribution in [0.1, 0.15) is 25.3 Å². The Kier molecular flexibility index (Phi) is 7.61. The van der Waals surface area contributed by atoms with Gasteiger partial charge in [-0.15, -0.1) is 0 Å². The summed E-state index contributed by atoms with van der Waals surface area (Å²) in [5.41, 5.74) is 2.17. The van der Waals surface area contributed by atoms with Crippen LogP contribution in [-0.2, 0) is 9.59 Å². The Labute approximate surface area is 158 Å². The van der Waals surface area contributed by atoms with Crippen LogP contribution in [-0.4, -0.2) is 18.4 Å². The number of carbonyl (C=O) groups excluding carboxylic acids is 2. The Hall–Kier alpha value is -3.59. The van der Waals surface area contributed by atoms with Gasteiger partial charge in [0.1, 0.15) is 5.75 Å². The quantitative estimate of drug-likeness (QED) is 0.548. The first-order valence-electron chi connectivity index (χ1n) is 8.53. The van der Waals surface area contributed by atoms with Crippen molar-refractivity contribution in [3.8, 4) is 11.8 Å². The Morgan fingerprint density at radius 2 is 1.89 bits per heavy atom. The summed E-state index contributed by atoms with van der Waals surface area (Å²) in [5.74, 6) is 0.250. The Bertz CT molecular complexity index is 852. The zero-order valence-electron chi connectivity index (χ0n) is 15.1. The van der Waals surface area contributed by atoms with Gasteiger partial charge in [0.2, 0.25) is 11.8 Å². The highest BCUT2D eigenvalue weighted by Crippen LogP contribution is 2.18. The lowest BCUT2D eigenvalue weighted by molar-refractivity contribution is -0.114. The number of amides is 2. The molecule has 0 aliphatic heterocycles. The zero-order chi connectivity index (χ0) is 19.5. The molecule has 0 atom stereocenters. The molecule has 138 valence electrons. The number of unbranched alkanes of at least 4 members (excludes halogenated alkanes) is 1. The lowest BCUT2D eigenvalue weighted by Gasteiger charge is -2.07. The van der Waals surface area contributed by atoms with E-state index in [1.54, 1.807) is 42.5 Å². The Balaban J connectivity index is 1.88. The lowest BCUT2D eigenvalue weighted by atomic mass is 10.2. The molecule has 0 bridgehead atoms. The van der Waals surface area contributed by atoms with Crippen LogP contribution >= 0.6 is 0 Å². The standard InChI is InChI=1S/C21H21N3O3/c1-16(25)23-18-10-7-17(8-11-18)9-12-21(26)24-19-5-4-6-20(15-19)27-14-3-2-13-22/h4-12,15H,2-3,14H2,1H3,(H,23,25)(H,24,26). The van der Waals surface area contributed by atoms with Crippen molar-refractivity contribution in [2.45, 2.75) is 19.8 Å². The zero-order valence-corrected chi connectivity index (χ0v) is 15.1. The molecule has 0 saturated carbocycles. The minimum atomic E-state index is -0.262. The molecule has 0 aromatic heterocycles. The molecule has 6 heteroatoms. The number of nitriles is 1. The summed E-state index contributed by atoms with van der Waals surface area (Å²) in [7, 11) is 0. The van der Waals surface area contributed by atoms with E-state index in [0.717, 1.165) is 5.56 Å². The first-order chi connectivity index (χ1) is 13.1. The molecule has 0 saturated heterocycles. The summed E-state index contributed by atoms with van der Waals surface area (Å²) in [5, 5.41) is 14.0. The third-order valence-electron chi connectivity index (χ3n) is 3.46. The Morgan fingerprint density at radius 3 is 2.59 bits per heavy atom. The third-order valence-corrected chi connectivity index (χ3v) is 3.46. The van der Waals surface area contributed by atoms with Crippen molar-refractivity contribution in [2.75, 3.05) is 17.2 Å². The molecule has 0 spiro atoms. The molecular weight excluding hydrogens is 342 g/mol. The second kappa shape index (κ2) is 10.4. The number of anilines is 2. The van der Waals surface area contributed by atoms with Crippen molar-refractivity contribution in [1.29, 1.82) is 5.26 Å². The first kappa shape index (κ1) is 19.7. The van der Waals surface area contributed by atoms with Crippen molar-refractivity contribution >= 4 is 29.3 Å². The molecule has 0 aliphatic carbocycles. The summed E-state index contributed by atoms with van der Waals surface area (Å²) in [4.78, 5) is 23.1. The fourth-order valence-corrected chi connectivity index (χ4v) is 2.24. The highest BCUT2D eigenvalue weighted by atomic mass is 16.5. The minimum absolute atomic E-state index is 0.131. The van der Waals surface area contributed by atoms with Crippen LogP contribution in [0.5, 0.6) is 5.75 Å². The van der Waals surface area contributed by atoms with Crippen LogP contribution in [0, 0.1) is 11.3 Å². The van der Waals surface area contributed by atoms with Gasteiger partial charge in [-0.05, 0) is 42.3 Å². The largest absolute Gasteiger partial charge is 0.493 e. The van der Waals surface area contributed by atoms with Gasteiger partial charge in [-0.2, -0.15) is 5.26 Å². The molecule has 0 unspecified atom stereocenters. The van der Waals surface area contributed by atoms with E-state index in [-0.39, 0.29) is 11.8 Å². The Morgan fingerprint density at radius 1 is 1.11 bits per heavy atom. The van der Waals surface area contributed by atoms with Gasteiger partial charge < -0.3 is 15.4 Å². The summed E-state index contributed by atoms with van der Waals surface area (Å²) in [6.07, 6.45) is 4.24. The maximum absolute atomic E-state index is 12.1. The maximum atomic E-state index is 12.1. The summed E-state index contributed by atoms with van der Waals surface area (Å²) in [6.45, 7) is 1.91. The SMILES string of the molecule is CC(=O)Nc1ccc(C=CC(=O)Nc2cccc(OCCCC#N)c2)cc1. The minimum Gasteiger partial charge on any atom is -0.493 e. The molecule has 27 heavy (non-hydrogen) atoms. The number of hydrogen-bond donors (Lipinski definition) is 2. The number of benzene rings is 2. The van der Waals surface area contributed by atoms with E-state index >= 15 is 0 Å². The monoisotopic (exact) mass is 363 g/mol. The highest BCUT2D eigenvalue weighted by Gasteiger charge is 2.01. The smallest absolute Gasteiger partial charge is 0.248 e. The fourth-order valence-electron chi connectivity index (χ4n) is 2.24. The molecular formula is C21H21N3O3. The molecule has 0 fully saturated rings. The van der Waals surface area contributed by atoms with E-state index in [1.807, 2.05) is 12.1 Å². The van der Waals surface area contributed by atoms with E-state index in [9.17, 15) is 9.59 Å². The van der Waals surface area contributed by atoms with Gasteiger partial charge in [0.15, 0.2) is 0 Å². The normalized spacial score (nSPS) is 10.2. The van der Waals surface area contributed by atoms with Gasteiger partial charge in [0, 0.05) is 36.9 Å². The van der Waals surface area contributed by atoms with Gasteiger partial charge >= 0.3 is 0 Å². The topological polar surface area (TPSA) is 91.2 Å². The number of rotatable bonds is 8. The van der Waals surface area contributed by atoms with E-state index in [2.05, 4.69) is 16.7 Å². The van der Waals surface area contributed by atoms with Crippen LogP contribution in [0.15, 0.2) is 54.6 Å². The molecule has 6 nitrogen and oxygen atoms in total. The van der Waals surface area contributed by atoms with Crippen molar-refractivity contribution < 1.29 is 14.3 Å². The molecule has 2 aromatic carbocycles. The van der Waals surface area contributed by atoms with Crippen molar-refractivity contribution in [3.63, 3.8) is 0 Å². The average Bonchev–Trinajstić information content (AvgIpc) is 2.65. The summed E-state index contributed by atoms with van der Waals surface area (Å²) in [6, 6.07) is 16.3. The van der Waals surface area contributed by atoms with E-state index in [1.165, 1.54) is 13.0 Å². The van der Waals surface area contributed by atoms with Crippen molar-refractivity contribution in [3.05, 3.63) is 60.2 Å². The predicted octanol–water partition coefficient (Wildman–Crippen LogP) is 3.98. The van der Waals surface area contributed by atoms with Crippen LogP contribution in [0.4, 0.5) is 11.4 Å². The maximum Gasteiger partial charge on any atom is 0.248 e. The van der Waals surface area contributed by atoms with Crippen LogP contribution in [0.2, 0.25) is 0 Å². The second-order valence-electron chi connectivity index (χ2n) is 5.76. The van der Waals surface area contributed by atoms with Crippen LogP contribution in [0.25, 0.3) is 6.08 Å². The highest BCUT2D eigenvalue weighted by molar-refractivity contribution is 6.02. The van der Waals surface area contributed by atoms with E-state index in [4.69, 9.17) is 10.00 Å². The number of nitrogens with one attached hydrogen (secondary N) is 2. The molecule has 0 radical (unpaired) electrons. The molecule has 2 rings (SSSR count). The number of nitrogens with zero attached hydrogens (tertiary/aromatic N) is 1. The van der Waals surface area contributed by atoms with Crippen LogP contribution in [0.3, 0.4) is 0 Å². The van der Waals surface area contributed by atoms with Crippen LogP contribution < -0.4 is 15.4 Å². The van der Waals surface area contributed by atoms with Gasteiger partial charge in [0.05, 0.1) is 12.7 Å².